The Morgan fingerprint density at radius 2 is 1.80 bits per heavy atom. The van der Waals surface area contributed by atoms with Crippen LogP contribution in [0.25, 0.3) is 11.1 Å². The summed E-state index contributed by atoms with van der Waals surface area (Å²) in [6.07, 6.45) is -3.17. The van der Waals surface area contributed by atoms with E-state index in [1.807, 2.05) is 33.9 Å². The molecule has 1 saturated heterocycles. The third kappa shape index (κ3) is 9.21. The summed E-state index contributed by atoms with van der Waals surface area (Å²) in [5, 5.41) is 6.47. The number of alkyl halides is 5. The van der Waals surface area contributed by atoms with Gasteiger partial charge in [0.2, 0.25) is 5.92 Å². The van der Waals surface area contributed by atoms with E-state index in [4.69, 9.17) is 4.43 Å². The van der Waals surface area contributed by atoms with Crippen LogP contribution < -0.4 is 10.2 Å². The molecule has 1 aliphatic heterocycles. The number of aryl methyl sites for hydroxylation is 1. The summed E-state index contributed by atoms with van der Waals surface area (Å²) in [6.45, 7) is 12.5. The summed E-state index contributed by atoms with van der Waals surface area (Å²) in [5.41, 5.74) is -1.81. The van der Waals surface area contributed by atoms with Crippen LogP contribution in [0.15, 0.2) is 45.9 Å². The lowest BCUT2D eigenvalue weighted by Gasteiger charge is -2.37. The lowest BCUT2D eigenvalue weighted by molar-refractivity contribution is -0.140. The monoisotopic (exact) mass is 756 g/mol. The number of carbonyl (C=O) groups is 2. The van der Waals surface area contributed by atoms with Crippen LogP contribution in [0.5, 0.6) is 0 Å². The minimum atomic E-state index is -4.96. The number of hydrogen-bond donors (Lipinski definition) is 1. The molecule has 10 nitrogen and oxygen atoms in total. The minimum Gasteiger partial charge on any atom is -0.405 e. The molecule has 4 rings (SSSR count). The van der Waals surface area contributed by atoms with Gasteiger partial charge in [0, 0.05) is 67.1 Å². The third-order valence-electron chi connectivity index (χ3n) is 9.35. The molecule has 3 heterocycles. The van der Waals surface area contributed by atoms with E-state index < -0.39 is 66.6 Å². The van der Waals surface area contributed by atoms with E-state index in [0.29, 0.717) is 0 Å². The van der Waals surface area contributed by atoms with Crippen molar-refractivity contribution in [3.05, 3.63) is 53.5 Å². The van der Waals surface area contributed by atoms with Crippen molar-refractivity contribution in [2.75, 3.05) is 29.6 Å². The Balaban J connectivity index is 1.77. The van der Waals surface area contributed by atoms with Gasteiger partial charge in [-0.1, -0.05) is 26.8 Å². The topological polar surface area (TPSA) is 119 Å². The number of nitrogens with one attached hydrogen (secondary N) is 1. The predicted octanol–water partition coefficient (Wildman–Crippen LogP) is 8.08. The number of halogens is 5. The number of aromatic nitrogens is 3. The van der Waals surface area contributed by atoms with Gasteiger partial charge in [0.05, 0.1) is 21.5 Å². The molecule has 0 saturated carbocycles. The van der Waals surface area contributed by atoms with Crippen molar-refractivity contribution in [3.63, 3.8) is 0 Å². The van der Waals surface area contributed by atoms with Crippen LogP contribution in [-0.4, -0.2) is 70.5 Å². The van der Waals surface area contributed by atoms with Gasteiger partial charge in [-0.15, -0.1) is 0 Å². The molecule has 17 heteroatoms. The van der Waals surface area contributed by atoms with E-state index in [-0.39, 0.29) is 63.2 Å². The van der Waals surface area contributed by atoms with Crippen LogP contribution in [0.2, 0.25) is 18.1 Å². The molecule has 0 bridgehead atoms. The van der Waals surface area contributed by atoms with E-state index in [9.17, 15) is 35.8 Å². The quantitative estimate of drug-likeness (QED) is 0.182. The fraction of sp³-hybridized carbons (Fsp3) is 0.529. The van der Waals surface area contributed by atoms with Gasteiger partial charge >= 0.3 is 6.18 Å². The maximum Gasteiger partial charge on any atom is 0.434 e. The second-order valence-electron chi connectivity index (χ2n) is 14.5. The zero-order chi connectivity index (χ0) is 38.3. The average molecular weight is 757 g/mol. The van der Waals surface area contributed by atoms with Crippen molar-refractivity contribution in [2.24, 2.45) is 11.4 Å². The Bertz CT molecular complexity index is 1930. The Kier molecular flexibility index (Phi) is 11.3. The number of carbonyl (C=O) groups excluding carboxylic acids is 2. The minimum absolute atomic E-state index is 0.0326. The van der Waals surface area contributed by atoms with Crippen molar-refractivity contribution in [2.45, 2.75) is 95.1 Å². The van der Waals surface area contributed by atoms with Crippen molar-refractivity contribution < 1.29 is 40.2 Å². The molecule has 2 atom stereocenters. The lowest BCUT2D eigenvalue weighted by atomic mass is 9.95. The van der Waals surface area contributed by atoms with E-state index in [2.05, 4.69) is 19.8 Å². The fourth-order valence-electron chi connectivity index (χ4n) is 5.54. The molecule has 1 fully saturated rings. The summed E-state index contributed by atoms with van der Waals surface area (Å²) in [7, 11) is -4.17. The fourth-order valence-corrected chi connectivity index (χ4v) is 8.16. The number of rotatable bonds is 8. The molecular weight excluding hydrogens is 712 g/mol. The van der Waals surface area contributed by atoms with Gasteiger partial charge in [-0.3, -0.25) is 14.3 Å². The summed E-state index contributed by atoms with van der Waals surface area (Å²) in [6, 6.07) is 5.79. The van der Waals surface area contributed by atoms with Gasteiger partial charge in [0.1, 0.15) is 11.9 Å². The highest BCUT2D eigenvalue weighted by Crippen LogP contribution is 2.43. The molecule has 0 aliphatic carbocycles. The number of anilines is 2. The Morgan fingerprint density at radius 3 is 2.39 bits per heavy atom. The van der Waals surface area contributed by atoms with Crippen molar-refractivity contribution in [1.82, 2.24) is 14.8 Å². The third-order valence-corrected chi connectivity index (χ3v) is 15.6. The average Bonchev–Trinajstić information content (AvgIpc) is 3.33. The van der Waals surface area contributed by atoms with Crippen molar-refractivity contribution >= 4 is 41.4 Å². The van der Waals surface area contributed by atoms with Crippen LogP contribution >= 0.6 is 0 Å². The standard InChI is InChI=1S/C34H45F5N6O4SSi/c1-21-26(23-19-40-44(6)20-23)28(34(37,38)39)42-29(45-16-11-14-33(35,36)15-17-45)27(21)31(47)41-24-12-10-13-25(18-24)50(7,48)43-30(46)22(2)49-51(8,9)32(3,4)5/h10,12-13,18-20,22H,11,14-17H2,1-9H3,(H,41,47). The summed E-state index contributed by atoms with van der Waals surface area (Å²) in [5.74, 6) is -4.98. The number of benzene rings is 1. The number of nitrogens with zero attached hydrogens (tertiary/aromatic N) is 5. The molecule has 0 spiro atoms. The van der Waals surface area contributed by atoms with E-state index in [1.165, 1.54) is 66.5 Å². The van der Waals surface area contributed by atoms with E-state index in [0.717, 1.165) is 0 Å². The first kappa shape index (κ1) is 40.1. The second kappa shape index (κ2) is 14.4. The molecule has 0 radical (unpaired) electrons. The Hall–Kier alpha value is -3.70. The van der Waals surface area contributed by atoms with Crippen molar-refractivity contribution in [3.8, 4) is 11.1 Å². The van der Waals surface area contributed by atoms with Crippen LogP contribution in [0.4, 0.5) is 33.5 Å². The highest BCUT2D eigenvalue weighted by Gasteiger charge is 2.42. The molecule has 3 aromatic rings. The summed E-state index contributed by atoms with van der Waals surface area (Å²) in [4.78, 5) is 32.5. The molecule has 2 aromatic heterocycles. The maximum atomic E-state index is 14.6. The first-order valence-corrected chi connectivity index (χ1v) is 21.2. The summed E-state index contributed by atoms with van der Waals surface area (Å²) < 4.78 is 97.6. The molecule has 280 valence electrons. The van der Waals surface area contributed by atoms with Gasteiger partial charge in [0.15, 0.2) is 14.0 Å². The first-order chi connectivity index (χ1) is 23.3. The molecule has 2 unspecified atom stereocenters. The zero-order valence-electron chi connectivity index (χ0n) is 30.2. The van der Waals surface area contributed by atoms with E-state index in [1.54, 1.807) is 6.92 Å². The van der Waals surface area contributed by atoms with Crippen LogP contribution in [0.3, 0.4) is 0 Å². The number of hydrogen-bond acceptors (Lipinski definition) is 7. The lowest BCUT2D eigenvalue weighted by Crippen LogP contribution is -2.45. The van der Waals surface area contributed by atoms with Crippen LogP contribution in [0, 0.1) is 6.92 Å². The number of amides is 2. The molecule has 2 amide bonds. The highest BCUT2D eigenvalue weighted by atomic mass is 32.2. The molecule has 1 N–H and O–H groups in total. The van der Waals surface area contributed by atoms with Gasteiger partial charge < -0.3 is 14.6 Å². The second-order valence-corrected chi connectivity index (χ2v) is 21.5. The Labute approximate surface area is 296 Å². The van der Waals surface area contributed by atoms with E-state index >= 15 is 0 Å². The van der Waals surface area contributed by atoms with Gasteiger partial charge in [-0.05, 0) is 62.2 Å². The molecule has 1 aromatic carbocycles. The molecule has 51 heavy (non-hydrogen) atoms. The zero-order valence-corrected chi connectivity index (χ0v) is 32.1. The highest BCUT2D eigenvalue weighted by molar-refractivity contribution is 7.93. The van der Waals surface area contributed by atoms with Gasteiger partial charge in [-0.25, -0.2) is 18.0 Å². The summed E-state index contributed by atoms with van der Waals surface area (Å²) >= 11 is 0. The van der Waals surface area contributed by atoms with Crippen LogP contribution in [0.1, 0.15) is 68.6 Å². The molecule has 1 aliphatic rings. The van der Waals surface area contributed by atoms with Gasteiger partial charge in [0.25, 0.3) is 11.8 Å². The SMILES string of the molecule is Cc1c(C(=O)Nc2cccc(S(C)(=O)=NC(=O)C(C)O[Si](C)(C)C(C)(C)C)c2)c(N2CCCC(F)(F)CC2)nc(C(F)(F)F)c1-c1cnn(C)c1. The predicted molar refractivity (Wildman–Crippen MR) is 189 cm³/mol. The van der Waals surface area contributed by atoms with Crippen molar-refractivity contribution in [1.29, 1.82) is 0 Å². The molecular formula is C34H45F5N6O4SSi. The normalized spacial score (nSPS) is 17.3. The van der Waals surface area contributed by atoms with Crippen LogP contribution in [-0.2, 0) is 32.2 Å². The number of pyridine rings is 1. The first-order valence-electron chi connectivity index (χ1n) is 16.4. The smallest absolute Gasteiger partial charge is 0.405 e. The van der Waals surface area contributed by atoms with Gasteiger partial charge in [-0.2, -0.15) is 22.6 Å². The Morgan fingerprint density at radius 1 is 1.14 bits per heavy atom. The largest absolute Gasteiger partial charge is 0.434 e. The maximum absolute atomic E-state index is 14.6.